The average Bonchev–Trinajstić information content (AvgIpc) is 3.57. The Morgan fingerprint density at radius 1 is 1.02 bits per heavy atom. The second kappa shape index (κ2) is 13.2. The largest absolute Gasteiger partial charge is 0.467 e. The molecule has 0 radical (unpaired) electrons. The number of ether oxygens (including phenoxy) is 1. The lowest BCUT2D eigenvalue weighted by atomic mass is 9.82. The molecule has 0 bridgehead atoms. The van der Waals surface area contributed by atoms with Crippen LogP contribution < -0.4 is 16.0 Å². The van der Waals surface area contributed by atoms with Gasteiger partial charge in [0.15, 0.2) is 0 Å². The van der Waals surface area contributed by atoms with E-state index in [9.17, 15) is 24.0 Å². The molecule has 2 aliphatic heterocycles. The molecule has 11 heteroatoms. The van der Waals surface area contributed by atoms with Crippen molar-refractivity contribution in [2.24, 2.45) is 11.8 Å². The third-order valence-electron chi connectivity index (χ3n) is 9.57. The van der Waals surface area contributed by atoms with Crippen LogP contribution in [0.3, 0.4) is 0 Å². The predicted octanol–water partition coefficient (Wildman–Crippen LogP) is 2.80. The van der Waals surface area contributed by atoms with Gasteiger partial charge in [-0.05, 0) is 50.2 Å². The molecule has 2 aromatic rings. The van der Waals surface area contributed by atoms with Crippen LogP contribution in [-0.4, -0.2) is 77.3 Å². The number of likely N-dealkylation sites (tertiary alicyclic amines) is 1. The number of H-pyrrole nitrogens is 1. The molecule has 3 heterocycles. The minimum absolute atomic E-state index is 0.0172. The Morgan fingerprint density at radius 2 is 1.74 bits per heavy atom. The van der Waals surface area contributed by atoms with Crippen LogP contribution >= 0.6 is 0 Å². The number of nitrogens with zero attached hydrogens (tertiary/aromatic N) is 1. The molecule has 1 aromatic carbocycles. The van der Waals surface area contributed by atoms with Crippen molar-refractivity contribution in [3.63, 3.8) is 0 Å². The zero-order chi connectivity index (χ0) is 30.6. The molecule has 1 aromatic heterocycles. The van der Waals surface area contributed by atoms with E-state index in [2.05, 4.69) is 20.9 Å². The van der Waals surface area contributed by atoms with Crippen molar-refractivity contribution in [2.75, 3.05) is 20.2 Å². The minimum Gasteiger partial charge on any atom is -0.467 e. The fraction of sp³-hybridized carbons (Fsp3) is 0.594. The third kappa shape index (κ3) is 7.19. The summed E-state index contributed by atoms with van der Waals surface area (Å²) in [6, 6.07) is 7.43. The fourth-order valence-corrected chi connectivity index (χ4v) is 7.08. The van der Waals surface area contributed by atoms with Crippen LogP contribution in [-0.2, 0) is 23.9 Å². The summed E-state index contributed by atoms with van der Waals surface area (Å²) in [4.78, 5) is 69.7. The monoisotopic (exact) mass is 593 g/mol. The van der Waals surface area contributed by atoms with Crippen molar-refractivity contribution in [3.8, 4) is 0 Å². The van der Waals surface area contributed by atoms with Crippen molar-refractivity contribution >= 4 is 40.5 Å². The summed E-state index contributed by atoms with van der Waals surface area (Å²) in [5.41, 5.74) is 0.761. The number of amides is 4. The molecule has 3 aliphatic rings. The molecule has 11 nitrogen and oxygen atoms in total. The lowest BCUT2D eigenvalue weighted by Crippen LogP contribution is -2.53. The van der Waals surface area contributed by atoms with E-state index in [1.165, 1.54) is 7.11 Å². The number of esters is 1. The zero-order valence-corrected chi connectivity index (χ0v) is 25.1. The summed E-state index contributed by atoms with van der Waals surface area (Å²) in [5.74, 6) is -1.85. The molecule has 4 N–H and O–H groups in total. The lowest BCUT2D eigenvalue weighted by molar-refractivity contribution is -0.146. The lowest BCUT2D eigenvalue weighted by Gasteiger charge is -2.39. The smallest absolute Gasteiger partial charge is 0.328 e. The molecular formula is C32H43N5O6. The van der Waals surface area contributed by atoms with Gasteiger partial charge in [-0.25, -0.2) is 4.79 Å². The van der Waals surface area contributed by atoms with Gasteiger partial charge in [0.05, 0.1) is 7.11 Å². The van der Waals surface area contributed by atoms with E-state index in [0.717, 1.165) is 43.0 Å². The Hall–Kier alpha value is -3.89. The van der Waals surface area contributed by atoms with Gasteiger partial charge < -0.3 is 30.6 Å². The van der Waals surface area contributed by atoms with Gasteiger partial charge in [0, 0.05) is 42.4 Å². The summed E-state index contributed by atoms with van der Waals surface area (Å²) >= 11 is 0. The molecule has 4 amide bonds. The topological polar surface area (TPSA) is 150 Å². The Balaban J connectivity index is 1.28. The van der Waals surface area contributed by atoms with Gasteiger partial charge in [-0.2, -0.15) is 0 Å². The van der Waals surface area contributed by atoms with Gasteiger partial charge in [-0.1, -0.05) is 50.3 Å². The van der Waals surface area contributed by atoms with E-state index in [4.69, 9.17) is 4.74 Å². The first-order valence-corrected chi connectivity index (χ1v) is 15.5. The first-order valence-electron chi connectivity index (χ1n) is 15.5. The Morgan fingerprint density at radius 3 is 2.42 bits per heavy atom. The van der Waals surface area contributed by atoms with Crippen molar-refractivity contribution in [3.05, 3.63) is 36.0 Å². The minimum atomic E-state index is -1.04. The number of nitrogens with one attached hydrogen (secondary N) is 4. The van der Waals surface area contributed by atoms with Gasteiger partial charge in [-0.3, -0.25) is 19.2 Å². The summed E-state index contributed by atoms with van der Waals surface area (Å²) in [5, 5.41) is 9.77. The van der Waals surface area contributed by atoms with E-state index >= 15 is 0 Å². The van der Waals surface area contributed by atoms with Crippen LogP contribution in [0.25, 0.3) is 10.9 Å². The SMILES string of the molecule is COC(=O)C(CC1CC2(CCN(C(C)=O)CC2)NC1=O)NC(=O)C(CC1CCCCC1)NC(=O)c1cc2ccccc2[nH]1. The molecule has 5 rings (SSSR count). The van der Waals surface area contributed by atoms with Gasteiger partial charge in [0.25, 0.3) is 5.91 Å². The number of carbonyl (C=O) groups excluding carboxylic acids is 5. The molecular weight excluding hydrogens is 550 g/mol. The van der Waals surface area contributed by atoms with E-state index in [1.54, 1.807) is 17.9 Å². The van der Waals surface area contributed by atoms with Crippen molar-refractivity contribution in [1.29, 1.82) is 0 Å². The average molecular weight is 594 g/mol. The molecule has 2 saturated heterocycles. The number of hydrogen-bond acceptors (Lipinski definition) is 6. The van der Waals surface area contributed by atoms with Crippen LogP contribution in [0.15, 0.2) is 30.3 Å². The Bertz CT molecular complexity index is 1320. The maximum atomic E-state index is 13.8. The van der Waals surface area contributed by atoms with Crippen molar-refractivity contribution < 1.29 is 28.7 Å². The molecule has 3 atom stereocenters. The van der Waals surface area contributed by atoms with Gasteiger partial charge in [0.2, 0.25) is 17.7 Å². The maximum absolute atomic E-state index is 13.8. The number of methoxy groups -OCH3 is 1. The highest BCUT2D eigenvalue weighted by Gasteiger charge is 2.47. The number of para-hydroxylation sites is 1. The van der Waals surface area contributed by atoms with Crippen molar-refractivity contribution in [1.82, 2.24) is 25.8 Å². The van der Waals surface area contributed by atoms with Crippen LogP contribution in [0.1, 0.15) is 81.6 Å². The molecule has 43 heavy (non-hydrogen) atoms. The zero-order valence-electron chi connectivity index (χ0n) is 25.1. The first-order chi connectivity index (χ1) is 20.7. The van der Waals surface area contributed by atoms with Crippen LogP contribution in [0.2, 0.25) is 0 Å². The van der Waals surface area contributed by atoms with E-state index < -0.39 is 41.3 Å². The normalized spacial score (nSPS) is 21.7. The Kier molecular flexibility index (Phi) is 9.37. The van der Waals surface area contributed by atoms with Gasteiger partial charge >= 0.3 is 5.97 Å². The predicted molar refractivity (Wildman–Crippen MR) is 160 cm³/mol. The van der Waals surface area contributed by atoms with Gasteiger partial charge in [-0.15, -0.1) is 0 Å². The first kappa shape index (κ1) is 30.6. The maximum Gasteiger partial charge on any atom is 0.328 e. The summed E-state index contributed by atoms with van der Waals surface area (Å²) < 4.78 is 5.03. The number of benzene rings is 1. The third-order valence-corrected chi connectivity index (χ3v) is 9.57. The van der Waals surface area contributed by atoms with E-state index in [0.29, 0.717) is 44.5 Å². The van der Waals surface area contributed by atoms with Crippen LogP contribution in [0.5, 0.6) is 0 Å². The number of carbonyl (C=O) groups is 5. The number of fused-ring (bicyclic) bond motifs is 1. The molecule has 3 unspecified atom stereocenters. The molecule has 3 fully saturated rings. The number of piperidine rings is 1. The highest BCUT2D eigenvalue weighted by Crippen LogP contribution is 2.36. The quantitative estimate of drug-likeness (QED) is 0.329. The fourth-order valence-electron chi connectivity index (χ4n) is 7.08. The molecule has 1 spiro atoms. The van der Waals surface area contributed by atoms with Crippen molar-refractivity contribution in [2.45, 2.75) is 88.8 Å². The number of aromatic nitrogens is 1. The summed E-state index contributed by atoms with van der Waals surface area (Å²) in [7, 11) is 1.26. The molecule has 1 saturated carbocycles. The van der Waals surface area contributed by atoms with Gasteiger partial charge in [0.1, 0.15) is 17.8 Å². The second-order valence-corrected chi connectivity index (χ2v) is 12.5. The standard InChI is InChI=1S/C32H43N5O6/c1-20(38)37-14-12-32(13-15-37)19-23(28(39)36-32)18-27(31(42)43-2)35-29(40)25(16-21-8-4-3-5-9-21)34-30(41)26-17-22-10-6-7-11-24(22)33-26/h6-7,10-11,17,21,23,25,27,33H,3-5,8-9,12-16,18-19H2,1-2H3,(H,34,41)(H,35,40)(H,36,39). The number of hydrogen-bond donors (Lipinski definition) is 4. The molecule has 232 valence electrons. The molecule has 1 aliphatic carbocycles. The second-order valence-electron chi connectivity index (χ2n) is 12.5. The number of aromatic amines is 1. The highest BCUT2D eigenvalue weighted by molar-refractivity contribution is 6.00. The Labute approximate surface area is 251 Å². The van der Waals surface area contributed by atoms with E-state index in [1.807, 2.05) is 24.3 Å². The van der Waals surface area contributed by atoms with Crippen LogP contribution in [0.4, 0.5) is 0 Å². The number of rotatable bonds is 9. The highest BCUT2D eigenvalue weighted by atomic mass is 16.5. The summed E-state index contributed by atoms with van der Waals surface area (Å²) in [6.45, 7) is 2.68. The van der Waals surface area contributed by atoms with E-state index in [-0.39, 0.29) is 24.2 Å². The van der Waals surface area contributed by atoms with Crippen LogP contribution in [0, 0.1) is 11.8 Å². The summed E-state index contributed by atoms with van der Waals surface area (Å²) in [6.07, 6.45) is 7.67.